The molecule has 0 bridgehead atoms. The van der Waals surface area contributed by atoms with E-state index in [-0.39, 0.29) is 22.6 Å². The zero-order valence-electron chi connectivity index (χ0n) is 18.1. The third kappa shape index (κ3) is 2.85. The summed E-state index contributed by atoms with van der Waals surface area (Å²) in [6.45, 7) is 1.37. The standard InChI is InChI=1S/C22H25ClN2O8/c1-21(32)7-6-8-15(25(2)3)17(28)13(20(24)31)19(30)22(8,33)18(29)11(7)16(27)12-10(26)5-4-9(23)14(12)21/h4-5,7-8,11,15,18,26,28-29,32-33H,6H2,1-3H3,(H2,24,31)/t7-,8-,11?,15-,18?,21-,22-/m0/s1. The van der Waals surface area contributed by atoms with Crippen molar-refractivity contribution in [2.75, 3.05) is 14.1 Å². The summed E-state index contributed by atoms with van der Waals surface area (Å²) in [7, 11) is 3.06. The van der Waals surface area contributed by atoms with E-state index in [0.717, 1.165) is 0 Å². The van der Waals surface area contributed by atoms with Crippen LogP contribution in [0.4, 0.5) is 0 Å². The van der Waals surface area contributed by atoms with Crippen LogP contribution in [-0.4, -0.2) is 79.7 Å². The van der Waals surface area contributed by atoms with Crippen molar-refractivity contribution in [2.45, 2.75) is 36.7 Å². The molecule has 1 amide bonds. The quantitative estimate of drug-likeness (QED) is 0.307. The Balaban J connectivity index is 1.98. The number of aliphatic hydroxyl groups is 4. The second-order valence-electron chi connectivity index (χ2n) is 9.44. The summed E-state index contributed by atoms with van der Waals surface area (Å²) < 4.78 is 0. The van der Waals surface area contributed by atoms with E-state index in [1.807, 2.05) is 0 Å². The topological polar surface area (TPSA) is 182 Å². The molecule has 10 nitrogen and oxygen atoms in total. The molecular formula is C22H25ClN2O8. The molecule has 1 aromatic carbocycles. The number of ketones is 2. The zero-order chi connectivity index (χ0) is 24.8. The van der Waals surface area contributed by atoms with E-state index in [4.69, 9.17) is 17.3 Å². The molecule has 3 aliphatic carbocycles. The fraction of sp³-hybridized carbons (Fsp3) is 0.500. The van der Waals surface area contributed by atoms with Crippen molar-refractivity contribution >= 4 is 29.1 Å². The van der Waals surface area contributed by atoms with Crippen molar-refractivity contribution in [3.05, 3.63) is 39.6 Å². The number of hydrogen-bond donors (Lipinski definition) is 6. The number of hydrogen-bond acceptors (Lipinski definition) is 9. The molecule has 4 rings (SSSR count). The number of carbonyl (C=O) groups excluding carboxylic acids is 3. The highest BCUT2D eigenvalue weighted by molar-refractivity contribution is 6.32. The maximum atomic E-state index is 13.5. The smallest absolute Gasteiger partial charge is 0.255 e. The van der Waals surface area contributed by atoms with Gasteiger partial charge in [0.2, 0.25) is 5.78 Å². The number of fused-ring (bicyclic) bond motifs is 3. The average Bonchev–Trinajstić information content (AvgIpc) is 2.69. The van der Waals surface area contributed by atoms with Crippen molar-refractivity contribution in [3.63, 3.8) is 0 Å². The minimum atomic E-state index is -2.66. The first-order valence-electron chi connectivity index (χ1n) is 10.3. The molecule has 0 saturated heterocycles. The van der Waals surface area contributed by atoms with Crippen LogP contribution in [0.3, 0.4) is 0 Å². The van der Waals surface area contributed by atoms with Gasteiger partial charge in [0, 0.05) is 22.4 Å². The fourth-order valence-corrected chi connectivity index (χ4v) is 6.40. The van der Waals surface area contributed by atoms with Crippen LogP contribution in [0.1, 0.15) is 29.3 Å². The first-order chi connectivity index (χ1) is 15.2. The third-order valence-corrected chi connectivity index (χ3v) is 7.83. The number of likely N-dealkylation sites (N-methyl/N-ethyl adjacent to an activating group) is 1. The Bertz CT molecular complexity index is 1130. The molecule has 2 unspecified atom stereocenters. The van der Waals surface area contributed by atoms with Crippen molar-refractivity contribution < 1.29 is 39.9 Å². The summed E-state index contributed by atoms with van der Waals surface area (Å²) in [5.41, 5.74) is -0.404. The van der Waals surface area contributed by atoms with E-state index < -0.39 is 75.7 Å². The van der Waals surface area contributed by atoms with Crippen LogP contribution in [0.5, 0.6) is 5.75 Å². The minimum absolute atomic E-state index is 0.0193. The normalized spacial score (nSPS) is 38.1. The van der Waals surface area contributed by atoms with Crippen molar-refractivity contribution in [1.82, 2.24) is 4.90 Å². The van der Waals surface area contributed by atoms with E-state index in [1.54, 1.807) is 0 Å². The van der Waals surface area contributed by atoms with E-state index >= 15 is 0 Å². The van der Waals surface area contributed by atoms with Crippen LogP contribution in [0.2, 0.25) is 5.02 Å². The molecule has 1 aromatic rings. The van der Waals surface area contributed by atoms with E-state index in [9.17, 15) is 39.9 Å². The van der Waals surface area contributed by atoms with Gasteiger partial charge in [-0.3, -0.25) is 19.3 Å². The van der Waals surface area contributed by atoms with Gasteiger partial charge in [0.25, 0.3) is 5.91 Å². The van der Waals surface area contributed by atoms with Gasteiger partial charge in [0.1, 0.15) is 23.2 Å². The van der Waals surface area contributed by atoms with Gasteiger partial charge in [-0.05, 0) is 39.6 Å². The number of amides is 1. The summed E-state index contributed by atoms with van der Waals surface area (Å²) in [6, 6.07) is 1.37. The molecule has 0 spiro atoms. The molecule has 178 valence electrons. The number of benzene rings is 1. The SMILES string of the molecule is CN(C)[C@@H]1C(O)=C(C(N)=O)C(=O)[C@@]2(O)C(O)C3C(=O)c4c(O)ccc(Cl)c4[C@@](C)(O)[C@H]3C[C@@H]12. The number of phenolic OH excluding ortho intramolecular Hbond substituents is 1. The lowest BCUT2D eigenvalue weighted by molar-refractivity contribution is -0.207. The molecular weight excluding hydrogens is 456 g/mol. The van der Waals surface area contributed by atoms with Crippen LogP contribution in [0.25, 0.3) is 0 Å². The molecule has 0 aromatic heterocycles. The van der Waals surface area contributed by atoms with E-state index in [1.165, 1.54) is 38.1 Å². The number of aliphatic hydroxyl groups excluding tert-OH is 2. The monoisotopic (exact) mass is 480 g/mol. The van der Waals surface area contributed by atoms with Gasteiger partial charge >= 0.3 is 0 Å². The molecule has 0 radical (unpaired) electrons. The highest BCUT2D eigenvalue weighted by Crippen LogP contribution is 2.58. The summed E-state index contributed by atoms with van der Waals surface area (Å²) in [5, 5.41) is 55.6. The number of nitrogens with two attached hydrogens (primary N) is 1. The number of rotatable bonds is 2. The van der Waals surface area contributed by atoms with Gasteiger partial charge < -0.3 is 31.3 Å². The Morgan fingerprint density at radius 1 is 1.18 bits per heavy atom. The largest absolute Gasteiger partial charge is 0.510 e. The van der Waals surface area contributed by atoms with Gasteiger partial charge in [-0.1, -0.05) is 11.6 Å². The first-order valence-corrected chi connectivity index (χ1v) is 10.7. The molecule has 3 aliphatic rings. The number of halogens is 1. The second-order valence-corrected chi connectivity index (χ2v) is 9.84. The molecule has 1 fully saturated rings. The molecule has 7 atom stereocenters. The molecule has 0 aliphatic heterocycles. The Morgan fingerprint density at radius 2 is 1.79 bits per heavy atom. The lowest BCUT2D eigenvalue weighted by Gasteiger charge is -2.58. The van der Waals surface area contributed by atoms with Crippen LogP contribution < -0.4 is 5.73 Å². The summed E-state index contributed by atoms with van der Waals surface area (Å²) in [6.07, 6.45) is -2.28. The molecule has 0 heterocycles. The molecule has 33 heavy (non-hydrogen) atoms. The Kier molecular flexibility index (Phi) is 5.19. The highest BCUT2D eigenvalue weighted by Gasteiger charge is 2.69. The van der Waals surface area contributed by atoms with Crippen LogP contribution >= 0.6 is 11.6 Å². The van der Waals surface area contributed by atoms with Gasteiger partial charge in [0.05, 0.1) is 23.1 Å². The summed E-state index contributed by atoms with van der Waals surface area (Å²) in [4.78, 5) is 40.1. The number of carbonyl (C=O) groups is 3. The Morgan fingerprint density at radius 3 is 2.33 bits per heavy atom. The van der Waals surface area contributed by atoms with Crippen molar-refractivity contribution in [3.8, 4) is 5.75 Å². The number of primary amides is 1. The fourth-order valence-electron chi connectivity index (χ4n) is 6.05. The van der Waals surface area contributed by atoms with Crippen LogP contribution in [0, 0.1) is 17.8 Å². The van der Waals surface area contributed by atoms with Crippen LogP contribution in [-0.2, 0) is 15.2 Å². The predicted molar refractivity (Wildman–Crippen MR) is 114 cm³/mol. The number of Topliss-reactive ketones (excluding diaryl/α,β-unsaturated/α-hetero) is 2. The lowest BCUT2D eigenvalue weighted by atomic mass is 9.50. The first kappa shape index (κ1) is 23.7. The molecule has 1 saturated carbocycles. The Hall–Kier alpha value is -2.50. The van der Waals surface area contributed by atoms with Gasteiger partial charge in [-0.25, -0.2) is 0 Å². The third-order valence-electron chi connectivity index (χ3n) is 7.52. The number of phenols is 1. The second kappa shape index (κ2) is 7.25. The summed E-state index contributed by atoms with van der Waals surface area (Å²) in [5.74, 6) is -8.30. The summed E-state index contributed by atoms with van der Waals surface area (Å²) >= 11 is 6.28. The number of aromatic hydroxyl groups is 1. The van der Waals surface area contributed by atoms with Crippen molar-refractivity contribution in [2.24, 2.45) is 23.5 Å². The van der Waals surface area contributed by atoms with Crippen LogP contribution in [0.15, 0.2) is 23.5 Å². The van der Waals surface area contributed by atoms with Gasteiger partial charge in [0.15, 0.2) is 11.4 Å². The van der Waals surface area contributed by atoms with Gasteiger partial charge in [-0.2, -0.15) is 0 Å². The van der Waals surface area contributed by atoms with Crippen molar-refractivity contribution in [1.29, 1.82) is 0 Å². The molecule has 7 N–H and O–H groups in total. The van der Waals surface area contributed by atoms with E-state index in [0.29, 0.717) is 0 Å². The maximum absolute atomic E-state index is 13.5. The lowest BCUT2D eigenvalue weighted by Crippen LogP contribution is -2.72. The average molecular weight is 481 g/mol. The molecule has 11 heteroatoms. The predicted octanol–water partition coefficient (Wildman–Crippen LogP) is -0.396. The maximum Gasteiger partial charge on any atom is 0.255 e. The zero-order valence-corrected chi connectivity index (χ0v) is 18.9. The Labute approximate surface area is 193 Å². The van der Waals surface area contributed by atoms with E-state index in [2.05, 4.69) is 0 Å². The number of nitrogens with zero attached hydrogens (tertiary/aromatic N) is 1. The minimum Gasteiger partial charge on any atom is -0.510 e. The van der Waals surface area contributed by atoms with Gasteiger partial charge in [-0.15, -0.1) is 0 Å². The highest BCUT2D eigenvalue weighted by atomic mass is 35.5.